The second kappa shape index (κ2) is 6.47. The molecule has 0 saturated heterocycles. The third kappa shape index (κ3) is 3.23. The molecule has 0 radical (unpaired) electrons. The summed E-state index contributed by atoms with van der Waals surface area (Å²) < 4.78 is 0. The zero-order valence-corrected chi connectivity index (χ0v) is 14.9. The topological polar surface area (TPSA) is 58.1 Å². The Morgan fingerprint density at radius 1 is 1.24 bits per heavy atom. The number of benzene rings is 1. The summed E-state index contributed by atoms with van der Waals surface area (Å²) in [6.45, 7) is 5.46. The highest BCUT2D eigenvalue weighted by molar-refractivity contribution is 5.90. The van der Waals surface area contributed by atoms with Crippen LogP contribution in [0.1, 0.15) is 48.5 Å². The molecular weight excluding hydrogens is 312 g/mol. The van der Waals surface area contributed by atoms with E-state index in [1.54, 1.807) is 0 Å². The van der Waals surface area contributed by atoms with E-state index in [9.17, 15) is 4.79 Å². The number of carbonyl (C=O) groups is 1. The number of carbonyl (C=O) groups excluding carboxylic acids is 1. The van der Waals surface area contributed by atoms with E-state index in [0.717, 1.165) is 42.0 Å². The fourth-order valence-corrected chi connectivity index (χ4v) is 3.73. The van der Waals surface area contributed by atoms with Crippen molar-refractivity contribution in [2.24, 2.45) is 5.92 Å². The zero-order valence-electron chi connectivity index (χ0n) is 14.9. The highest BCUT2D eigenvalue weighted by atomic mass is 16.2. The standard InChI is InChI=1S/C20H24N4O/c1-13(2)9-19-21-10-15-11-24(12-18(15)22-19)20(25)23-17-8-4-6-14-5-3-7-16(14)17/h4,6,8,10,13H,3,5,7,9,11-12H2,1-2H3,(H,23,25). The van der Waals surface area contributed by atoms with E-state index in [4.69, 9.17) is 0 Å². The highest BCUT2D eigenvalue weighted by Gasteiger charge is 2.26. The summed E-state index contributed by atoms with van der Waals surface area (Å²) in [6.07, 6.45) is 6.09. The van der Waals surface area contributed by atoms with E-state index in [2.05, 4.69) is 35.2 Å². The molecule has 0 atom stereocenters. The smallest absolute Gasteiger partial charge is 0.314 e. The Kier molecular flexibility index (Phi) is 4.15. The van der Waals surface area contributed by atoms with Crippen molar-refractivity contribution in [2.45, 2.75) is 52.6 Å². The number of urea groups is 1. The zero-order chi connectivity index (χ0) is 17.4. The predicted octanol–water partition coefficient (Wildman–Crippen LogP) is 3.71. The number of fused-ring (bicyclic) bond motifs is 2. The van der Waals surface area contributed by atoms with E-state index < -0.39 is 0 Å². The molecule has 1 aromatic heterocycles. The number of nitrogens with one attached hydrogen (secondary N) is 1. The van der Waals surface area contributed by atoms with Gasteiger partial charge in [-0.05, 0) is 42.4 Å². The largest absolute Gasteiger partial charge is 0.322 e. The van der Waals surface area contributed by atoms with Crippen molar-refractivity contribution in [3.05, 3.63) is 52.6 Å². The molecule has 0 saturated carbocycles. The summed E-state index contributed by atoms with van der Waals surface area (Å²) in [7, 11) is 0. The van der Waals surface area contributed by atoms with Crippen molar-refractivity contribution in [1.29, 1.82) is 0 Å². The Balaban J connectivity index is 1.46. The minimum Gasteiger partial charge on any atom is -0.314 e. The van der Waals surface area contributed by atoms with Crippen LogP contribution in [-0.4, -0.2) is 20.9 Å². The van der Waals surface area contributed by atoms with Crippen LogP contribution >= 0.6 is 0 Å². The minimum atomic E-state index is -0.0521. The molecule has 0 fully saturated rings. The molecule has 1 aliphatic carbocycles. The van der Waals surface area contributed by atoms with Gasteiger partial charge in [0.2, 0.25) is 0 Å². The Labute approximate surface area is 148 Å². The molecule has 1 N–H and O–H groups in total. The monoisotopic (exact) mass is 336 g/mol. The number of aryl methyl sites for hydroxylation is 1. The van der Waals surface area contributed by atoms with Crippen LogP contribution in [0.25, 0.3) is 0 Å². The lowest BCUT2D eigenvalue weighted by molar-refractivity contribution is 0.212. The van der Waals surface area contributed by atoms with Gasteiger partial charge in [-0.2, -0.15) is 0 Å². The Hall–Kier alpha value is -2.43. The van der Waals surface area contributed by atoms with Crippen LogP contribution in [0.4, 0.5) is 10.5 Å². The number of nitrogens with zero attached hydrogens (tertiary/aromatic N) is 3. The van der Waals surface area contributed by atoms with Crippen molar-refractivity contribution in [3.8, 4) is 0 Å². The van der Waals surface area contributed by atoms with Crippen molar-refractivity contribution < 1.29 is 4.79 Å². The van der Waals surface area contributed by atoms with Crippen LogP contribution in [-0.2, 0) is 32.4 Å². The van der Waals surface area contributed by atoms with Crippen LogP contribution in [0.5, 0.6) is 0 Å². The highest BCUT2D eigenvalue weighted by Crippen LogP contribution is 2.29. The van der Waals surface area contributed by atoms with Crippen LogP contribution in [0.15, 0.2) is 24.4 Å². The Morgan fingerprint density at radius 3 is 2.96 bits per heavy atom. The van der Waals surface area contributed by atoms with Gasteiger partial charge in [0.25, 0.3) is 0 Å². The maximum absolute atomic E-state index is 12.7. The SMILES string of the molecule is CC(C)Cc1ncc2c(n1)CN(C(=O)Nc1cccc3c1CCC3)C2. The Morgan fingerprint density at radius 2 is 2.12 bits per heavy atom. The number of amides is 2. The second-order valence-electron chi connectivity index (χ2n) is 7.44. The lowest BCUT2D eigenvalue weighted by Crippen LogP contribution is -2.30. The molecule has 0 bridgehead atoms. The first-order valence-corrected chi connectivity index (χ1v) is 9.10. The molecule has 2 aromatic rings. The lowest BCUT2D eigenvalue weighted by atomic mass is 10.1. The van der Waals surface area contributed by atoms with Gasteiger partial charge in [0.15, 0.2) is 0 Å². The van der Waals surface area contributed by atoms with Crippen LogP contribution in [0, 0.1) is 5.92 Å². The summed E-state index contributed by atoms with van der Waals surface area (Å²) in [4.78, 5) is 23.6. The number of aromatic nitrogens is 2. The van der Waals surface area contributed by atoms with Gasteiger partial charge < -0.3 is 10.2 Å². The first-order chi connectivity index (χ1) is 12.1. The van der Waals surface area contributed by atoms with Gasteiger partial charge in [0, 0.05) is 23.9 Å². The third-order valence-electron chi connectivity index (χ3n) is 4.97. The van der Waals surface area contributed by atoms with Gasteiger partial charge in [-0.1, -0.05) is 26.0 Å². The van der Waals surface area contributed by atoms with Crippen LogP contribution < -0.4 is 5.32 Å². The molecule has 5 heteroatoms. The molecule has 130 valence electrons. The molecule has 1 aromatic carbocycles. The molecule has 4 rings (SSSR count). The van der Waals surface area contributed by atoms with Crippen molar-refractivity contribution in [3.63, 3.8) is 0 Å². The van der Waals surface area contributed by atoms with Gasteiger partial charge in [-0.25, -0.2) is 14.8 Å². The molecule has 1 aliphatic heterocycles. The van der Waals surface area contributed by atoms with E-state index in [1.807, 2.05) is 23.2 Å². The van der Waals surface area contributed by atoms with Gasteiger partial charge in [0.05, 0.1) is 18.8 Å². The molecular formula is C20H24N4O. The maximum Gasteiger partial charge on any atom is 0.322 e. The number of rotatable bonds is 3. The van der Waals surface area contributed by atoms with E-state index in [1.165, 1.54) is 17.5 Å². The molecule has 0 unspecified atom stereocenters. The normalized spacial score (nSPS) is 15.4. The molecule has 5 nitrogen and oxygen atoms in total. The molecule has 25 heavy (non-hydrogen) atoms. The summed E-state index contributed by atoms with van der Waals surface area (Å²) in [5, 5.41) is 3.10. The number of hydrogen-bond acceptors (Lipinski definition) is 3. The van der Waals surface area contributed by atoms with Crippen LogP contribution in [0.2, 0.25) is 0 Å². The number of hydrogen-bond donors (Lipinski definition) is 1. The molecule has 2 heterocycles. The quantitative estimate of drug-likeness (QED) is 0.929. The average Bonchev–Trinajstić information content (AvgIpc) is 3.20. The fourth-order valence-electron chi connectivity index (χ4n) is 3.73. The van der Waals surface area contributed by atoms with Gasteiger partial charge in [0.1, 0.15) is 5.82 Å². The van der Waals surface area contributed by atoms with Crippen molar-refractivity contribution >= 4 is 11.7 Å². The summed E-state index contributed by atoms with van der Waals surface area (Å²) >= 11 is 0. The molecule has 2 aliphatic rings. The maximum atomic E-state index is 12.7. The fraction of sp³-hybridized carbons (Fsp3) is 0.450. The van der Waals surface area contributed by atoms with Crippen molar-refractivity contribution in [2.75, 3.05) is 5.32 Å². The summed E-state index contributed by atoms with van der Waals surface area (Å²) in [5.41, 5.74) is 5.67. The van der Waals surface area contributed by atoms with Gasteiger partial charge in [-0.3, -0.25) is 0 Å². The first-order valence-electron chi connectivity index (χ1n) is 9.10. The van der Waals surface area contributed by atoms with Gasteiger partial charge >= 0.3 is 6.03 Å². The Bertz CT molecular complexity index is 815. The second-order valence-corrected chi connectivity index (χ2v) is 7.44. The van der Waals surface area contributed by atoms with Gasteiger partial charge in [-0.15, -0.1) is 0 Å². The first kappa shape index (κ1) is 16.1. The van der Waals surface area contributed by atoms with E-state index in [-0.39, 0.29) is 6.03 Å². The predicted molar refractivity (Wildman–Crippen MR) is 97.3 cm³/mol. The summed E-state index contributed by atoms with van der Waals surface area (Å²) in [6, 6.07) is 6.15. The van der Waals surface area contributed by atoms with Crippen LogP contribution in [0.3, 0.4) is 0 Å². The summed E-state index contributed by atoms with van der Waals surface area (Å²) in [5.74, 6) is 1.40. The third-order valence-corrected chi connectivity index (χ3v) is 4.97. The van der Waals surface area contributed by atoms with E-state index >= 15 is 0 Å². The lowest BCUT2D eigenvalue weighted by Gasteiger charge is -2.17. The minimum absolute atomic E-state index is 0.0521. The number of anilines is 1. The average molecular weight is 336 g/mol. The molecule has 2 amide bonds. The molecule has 0 spiro atoms. The van der Waals surface area contributed by atoms with E-state index in [0.29, 0.717) is 19.0 Å². The van der Waals surface area contributed by atoms with Crippen molar-refractivity contribution in [1.82, 2.24) is 14.9 Å².